The minimum absolute atomic E-state index is 0.200. The molecule has 2 aromatic rings. The van der Waals surface area contributed by atoms with Gasteiger partial charge in [0, 0.05) is 50.9 Å². The molecule has 4 atom stereocenters. The number of carbonyl (C=O) groups is 2. The number of carbonyl (C=O) groups excluding carboxylic acids is 2. The molecule has 2 saturated carbocycles. The number of unbranched alkanes of at least 4 members (excludes halogenated alkanes) is 1. The van der Waals surface area contributed by atoms with Gasteiger partial charge < -0.3 is 9.80 Å². The fourth-order valence-corrected chi connectivity index (χ4v) is 4.61. The minimum atomic E-state index is 0.200. The lowest BCUT2D eigenvalue weighted by molar-refractivity contribution is -0.132. The third-order valence-electron chi connectivity index (χ3n) is 6.78. The number of nitrogens with zero attached hydrogens (tertiary/aromatic N) is 2. The predicted molar refractivity (Wildman–Crippen MR) is 119 cm³/mol. The lowest BCUT2D eigenvalue weighted by atomic mass is 10.1. The Morgan fingerprint density at radius 1 is 0.700 bits per heavy atom. The summed E-state index contributed by atoms with van der Waals surface area (Å²) < 4.78 is 0. The second-order valence-corrected chi connectivity index (χ2v) is 8.86. The molecule has 2 amide bonds. The van der Waals surface area contributed by atoms with Gasteiger partial charge in [-0.25, -0.2) is 0 Å². The highest BCUT2D eigenvalue weighted by molar-refractivity contribution is 5.78. The van der Waals surface area contributed by atoms with Crippen LogP contribution in [0.4, 0.5) is 0 Å². The van der Waals surface area contributed by atoms with Crippen LogP contribution >= 0.6 is 0 Å². The van der Waals surface area contributed by atoms with E-state index in [4.69, 9.17) is 0 Å². The van der Waals surface area contributed by atoms with Crippen LogP contribution in [0.25, 0.3) is 0 Å². The Kier molecular flexibility index (Phi) is 6.21. The molecule has 0 spiro atoms. The van der Waals surface area contributed by atoms with E-state index in [1.807, 2.05) is 36.0 Å². The molecule has 4 nitrogen and oxygen atoms in total. The van der Waals surface area contributed by atoms with Gasteiger partial charge in [0.05, 0.1) is 0 Å². The van der Waals surface area contributed by atoms with Crippen molar-refractivity contribution in [1.82, 2.24) is 9.80 Å². The van der Waals surface area contributed by atoms with Crippen molar-refractivity contribution in [3.05, 3.63) is 71.8 Å². The summed E-state index contributed by atoms with van der Waals surface area (Å²) in [5, 5.41) is 0. The van der Waals surface area contributed by atoms with Gasteiger partial charge in [0.1, 0.15) is 0 Å². The molecule has 0 radical (unpaired) electrons. The van der Waals surface area contributed by atoms with Crippen LogP contribution in [0.15, 0.2) is 60.7 Å². The number of hydrogen-bond donors (Lipinski definition) is 0. The fourth-order valence-electron chi connectivity index (χ4n) is 4.61. The van der Waals surface area contributed by atoms with E-state index < -0.39 is 0 Å². The Morgan fingerprint density at radius 2 is 1.07 bits per heavy atom. The molecule has 0 bridgehead atoms. The van der Waals surface area contributed by atoms with Gasteiger partial charge in [0.2, 0.25) is 11.8 Å². The molecule has 0 saturated heterocycles. The molecule has 4 heteroatoms. The summed E-state index contributed by atoms with van der Waals surface area (Å²) in [5.41, 5.74) is 2.65. The highest BCUT2D eigenvalue weighted by atomic mass is 16.2. The van der Waals surface area contributed by atoms with E-state index in [0.717, 1.165) is 25.7 Å². The summed E-state index contributed by atoms with van der Waals surface area (Å²) in [7, 11) is 3.84. The van der Waals surface area contributed by atoms with Crippen LogP contribution in [0.5, 0.6) is 0 Å². The molecule has 0 aliphatic heterocycles. The van der Waals surface area contributed by atoms with Crippen LogP contribution < -0.4 is 0 Å². The van der Waals surface area contributed by atoms with Gasteiger partial charge >= 0.3 is 0 Å². The number of amides is 2. The molecule has 2 fully saturated rings. The Morgan fingerprint density at radius 3 is 1.43 bits per heavy atom. The average molecular weight is 405 g/mol. The predicted octanol–water partition coefficient (Wildman–Crippen LogP) is 4.58. The van der Waals surface area contributed by atoms with Crippen LogP contribution in [0.2, 0.25) is 0 Å². The summed E-state index contributed by atoms with van der Waals surface area (Å²) >= 11 is 0. The molecule has 2 aliphatic carbocycles. The van der Waals surface area contributed by atoms with E-state index in [1.165, 1.54) is 11.1 Å². The Balaban J connectivity index is 1.14. The van der Waals surface area contributed by atoms with Gasteiger partial charge in [-0.15, -0.1) is 0 Å². The molecule has 0 aromatic heterocycles. The molecule has 0 heterocycles. The van der Waals surface area contributed by atoms with E-state index >= 15 is 0 Å². The van der Waals surface area contributed by atoms with Crippen molar-refractivity contribution in [3.8, 4) is 0 Å². The van der Waals surface area contributed by atoms with Gasteiger partial charge in [-0.2, -0.15) is 0 Å². The van der Waals surface area contributed by atoms with Gasteiger partial charge in [-0.3, -0.25) is 9.59 Å². The first-order valence-electron chi connectivity index (χ1n) is 11.2. The second-order valence-electron chi connectivity index (χ2n) is 8.86. The maximum absolute atomic E-state index is 12.5. The van der Waals surface area contributed by atoms with Crippen molar-refractivity contribution in [2.45, 2.75) is 62.4 Å². The highest BCUT2D eigenvalue weighted by Crippen LogP contribution is 2.45. The molecule has 30 heavy (non-hydrogen) atoms. The van der Waals surface area contributed by atoms with Gasteiger partial charge in [-0.05, 0) is 36.8 Å². The van der Waals surface area contributed by atoms with Crippen LogP contribution in [0.3, 0.4) is 0 Å². The topological polar surface area (TPSA) is 40.6 Å². The van der Waals surface area contributed by atoms with Crippen LogP contribution in [-0.2, 0) is 9.59 Å². The quantitative estimate of drug-likeness (QED) is 0.574. The van der Waals surface area contributed by atoms with Crippen LogP contribution in [0.1, 0.15) is 61.5 Å². The summed E-state index contributed by atoms with van der Waals surface area (Å²) in [5.74, 6) is 1.36. The zero-order chi connectivity index (χ0) is 21.1. The zero-order valence-corrected chi connectivity index (χ0v) is 18.0. The summed E-state index contributed by atoms with van der Waals surface area (Å²) in [6.45, 7) is 0. The van der Waals surface area contributed by atoms with Crippen molar-refractivity contribution in [2.24, 2.45) is 0 Å². The molecule has 4 unspecified atom stereocenters. The molecular weight excluding hydrogens is 372 g/mol. The van der Waals surface area contributed by atoms with Crippen LogP contribution in [0, 0.1) is 0 Å². The number of likely N-dealkylation sites (N-methyl/N-ethyl adjacent to an activating group) is 2. The van der Waals surface area contributed by atoms with Gasteiger partial charge in [0.15, 0.2) is 0 Å². The SMILES string of the molecule is CN(C(=O)CCCCC(=O)N(C)C1CC1c1ccccc1)C1CC1c1ccccc1. The Labute approximate surface area is 179 Å². The third-order valence-corrected chi connectivity index (χ3v) is 6.78. The maximum atomic E-state index is 12.5. The maximum Gasteiger partial charge on any atom is 0.222 e. The minimum Gasteiger partial charge on any atom is -0.342 e. The van der Waals surface area contributed by atoms with Gasteiger partial charge in [-0.1, -0.05) is 60.7 Å². The first-order valence-corrected chi connectivity index (χ1v) is 11.2. The Hall–Kier alpha value is -2.62. The van der Waals surface area contributed by atoms with E-state index in [9.17, 15) is 9.59 Å². The molecule has 2 aliphatic rings. The number of hydrogen-bond acceptors (Lipinski definition) is 2. The van der Waals surface area contributed by atoms with Crippen molar-refractivity contribution in [2.75, 3.05) is 14.1 Å². The zero-order valence-electron chi connectivity index (χ0n) is 18.0. The van der Waals surface area contributed by atoms with E-state index in [-0.39, 0.29) is 11.8 Å². The standard InChI is InChI=1S/C26H32N2O2/c1-27(23-17-21(23)19-11-5-3-6-12-19)25(29)15-9-10-16-26(30)28(2)24-18-22(24)20-13-7-4-8-14-20/h3-8,11-14,21-24H,9-10,15-18H2,1-2H3. The van der Waals surface area contributed by atoms with E-state index in [0.29, 0.717) is 36.8 Å². The second kappa shape index (κ2) is 9.03. The highest BCUT2D eigenvalue weighted by Gasteiger charge is 2.43. The number of benzene rings is 2. The fraction of sp³-hybridized carbons (Fsp3) is 0.462. The summed E-state index contributed by atoms with van der Waals surface area (Å²) in [4.78, 5) is 28.9. The van der Waals surface area contributed by atoms with Crippen LogP contribution in [-0.4, -0.2) is 47.8 Å². The molecule has 4 rings (SSSR count). The van der Waals surface area contributed by atoms with Crippen molar-refractivity contribution in [3.63, 3.8) is 0 Å². The average Bonchev–Trinajstić information content (AvgIpc) is 3.70. The van der Waals surface area contributed by atoms with E-state index in [1.54, 1.807) is 0 Å². The lowest BCUT2D eigenvalue weighted by Crippen LogP contribution is -2.30. The smallest absolute Gasteiger partial charge is 0.222 e. The summed E-state index contributed by atoms with van der Waals surface area (Å²) in [6.07, 6.45) is 4.72. The van der Waals surface area contributed by atoms with Gasteiger partial charge in [0.25, 0.3) is 0 Å². The van der Waals surface area contributed by atoms with E-state index in [2.05, 4.69) is 48.5 Å². The largest absolute Gasteiger partial charge is 0.342 e. The monoisotopic (exact) mass is 404 g/mol. The van der Waals surface area contributed by atoms with Crippen molar-refractivity contribution in [1.29, 1.82) is 0 Å². The first-order chi connectivity index (χ1) is 14.6. The normalized spacial score (nSPS) is 24.2. The Bertz CT molecular complexity index is 794. The first kappa shape index (κ1) is 20.6. The molecule has 158 valence electrons. The van der Waals surface area contributed by atoms with Crippen molar-refractivity contribution >= 4 is 11.8 Å². The number of rotatable bonds is 9. The molecule has 2 aromatic carbocycles. The summed E-state index contributed by atoms with van der Waals surface area (Å²) in [6, 6.07) is 21.5. The lowest BCUT2D eigenvalue weighted by Gasteiger charge is -2.19. The third kappa shape index (κ3) is 4.75. The van der Waals surface area contributed by atoms with Crippen molar-refractivity contribution < 1.29 is 9.59 Å². The molecular formula is C26H32N2O2. The molecule has 0 N–H and O–H groups in total.